The summed E-state index contributed by atoms with van der Waals surface area (Å²) in [5.41, 5.74) is 1.19. The zero-order valence-electron chi connectivity index (χ0n) is 12.0. The molecule has 0 heterocycles. The molecule has 0 bridgehead atoms. The largest absolute Gasteiger partial charge is 0.493 e. The second-order valence-electron chi connectivity index (χ2n) is 4.50. The van der Waals surface area contributed by atoms with Crippen molar-refractivity contribution in [3.63, 3.8) is 0 Å². The Morgan fingerprint density at radius 3 is 2.57 bits per heavy atom. The highest BCUT2D eigenvalue weighted by molar-refractivity contribution is 5.46. The fraction of sp³-hybridized carbons (Fsp3) is 0.250. The van der Waals surface area contributed by atoms with Gasteiger partial charge in [0.2, 0.25) is 0 Å². The van der Waals surface area contributed by atoms with Crippen molar-refractivity contribution in [2.45, 2.75) is 13.2 Å². The lowest BCUT2D eigenvalue weighted by Crippen LogP contribution is -2.09. The van der Waals surface area contributed by atoms with E-state index in [2.05, 4.69) is 5.32 Å². The zero-order valence-corrected chi connectivity index (χ0v) is 12.0. The van der Waals surface area contributed by atoms with Crippen LogP contribution in [0.5, 0.6) is 11.5 Å². The van der Waals surface area contributed by atoms with E-state index in [0.717, 1.165) is 11.6 Å². The molecular weight excluding hydrogens is 276 g/mol. The molecule has 0 unspecified atom stereocenters. The molecule has 0 spiro atoms. The third kappa shape index (κ3) is 3.70. The fourth-order valence-electron chi connectivity index (χ4n) is 2.00. The van der Waals surface area contributed by atoms with Gasteiger partial charge in [-0.2, -0.15) is 0 Å². The summed E-state index contributed by atoms with van der Waals surface area (Å²) in [6, 6.07) is 8.95. The molecule has 0 atom stereocenters. The minimum atomic E-state index is -0.625. The van der Waals surface area contributed by atoms with E-state index in [-0.39, 0.29) is 12.2 Å². The van der Waals surface area contributed by atoms with E-state index < -0.39 is 11.6 Å². The topological polar surface area (TPSA) is 30.5 Å². The van der Waals surface area contributed by atoms with Gasteiger partial charge < -0.3 is 14.8 Å². The summed E-state index contributed by atoms with van der Waals surface area (Å²) >= 11 is 0. The van der Waals surface area contributed by atoms with Crippen LogP contribution in [0, 0.1) is 11.6 Å². The van der Waals surface area contributed by atoms with Crippen molar-refractivity contribution in [1.29, 1.82) is 0 Å². The van der Waals surface area contributed by atoms with Crippen LogP contribution in [0.4, 0.5) is 8.78 Å². The second kappa shape index (κ2) is 7.04. The van der Waals surface area contributed by atoms with Crippen LogP contribution in [-0.4, -0.2) is 14.2 Å². The monoisotopic (exact) mass is 293 g/mol. The molecule has 2 aromatic rings. The van der Waals surface area contributed by atoms with Gasteiger partial charge in [-0.25, -0.2) is 8.78 Å². The van der Waals surface area contributed by atoms with E-state index in [1.54, 1.807) is 13.2 Å². The molecule has 1 N–H and O–H groups in total. The Labute approximate surface area is 122 Å². The lowest BCUT2D eigenvalue weighted by molar-refractivity contribution is 0.276. The Bertz CT molecular complexity index is 617. The van der Waals surface area contributed by atoms with Crippen molar-refractivity contribution in [3.8, 4) is 11.5 Å². The molecule has 3 nitrogen and oxygen atoms in total. The summed E-state index contributed by atoms with van der Waals surface area (Å²) in [4.78, 5) is 0. The molecule has 0 amide bonds. The SMILES string of the molecule is CNCc1cccc(OC)c1OCc1ccc(F)cc1F. The molecule has 0 saturated heterocycles. The average Bonchev–Trinajstić information content (AvgIpc) is 2.47. The van der Waals surface area contributed by atoms with E-state index >= 15 is 0 Å². The number of methoxy groups -OCH3 is 1. The van der Waals surface area contributed by atoms with Crippen LogP contribution in [-0.2, 0) is 13.2 Å². The zero-order chi connectivity index (χ0) is 15.2. The van der Waals surface area contributed by atoms with Crippen LogP contribution < -0.4 is 14.8 Å². The van der Waals surface area contributed by atoms with E-state index in [1.165, 1.54) is 12.1 Å². The molecule has 2 rings (SSSR count). The van der Waals surface area contributed by atoms with Gasteiger partial charge >= 0.3 is 0 Å². The summed E-state index contributed by atoms with van der Waals surface area (Å²) in [7, 11) is 3.37. The summed E-state index contributed by atoms with van der Waals surface area (Å²) < 4.78 is 37.5. The van der Waals surface area contributed by atoms with E-state index in [0.29, 0.717) is 18.0 Å². The van der Waals surface area contributed by atoms with E-state index in [9.17, 15) is 8.78 Å². The number of ether oxygens (including phenoxy) is 2. The quantitative estimate of drug-likeness (QED) is 0.886. The van der Waals surface area contributed by atoms with Gasteiger partial charge in [0.1, 0.15) is 18.2 Å². The molecule has 0 aromatic heterocycles. The highest BCUT2D eigenvalue weighted by Crippen LogP contribution is 2.32. The molecule has 0 radical (unpaired) electrons. The van der Waals surface area contributed by atoms with E-state index in [1.807, 2.05) is 19.2 Å². The molecular formula is C16H17F2NO2. The van der Waals surface area contributed by atoms with Crippen LogP contribution in [0.1, 0.15) is 11.1 Å². The van der Waals surface area contributed by atoms with Crippen LogP contribution in [0.2, 0.25) is 0 Å². The van der Waals surface area contributed by atoms with Crippen molar-refractivity contribution in [1.82, 2.24) is 5.32 Å². The van der Waals surface area contributed by atoms with Gasteiger partial charge in [-0.3, -0.25) is 0 Å². The Kier molecular flexibility index (Phi) is 5.11. The van der Waals surface area contributed by atoms with Crippen LogP contribution in [0.15, 0.2) is 36.4 Å². The smallest absolute Gasteiger partial charge is 0.166 e. The number of benzene rings is 2. The van der Waals surface area contributed by atoms with Gasteiger partial charge in [0.15, 0.2) is 11.5 Å². The first-order valence-corrected chi connectivity index (χ1v) is 6.53. The number of hydrogen-bond acceptors (Lipinski definition) is 3. The Morgan fingerprint density at radius 2 is 1.90 bits per heavy atom. The lowest BCUT2D eigenvalue weighted by Gasteiger charge is -2.15. The highest BCUT2D eigenvalue weighted by atomic mass is 19.1. The van der Waals surface area contributed by atoms with Gasteiger partial charge in [0.05, 0.1) is 7.11 Å². The maximum Gasteiger partial charge on any atom is 0.166 e. The third-order valence-electron chi connectivity index (χ3n) is 3.03. The van der Waals surface area contributed by atoms with Crippen molar-refractivity contribution in [3.05, 3.63) is 59.2 Å². The molecule has 0 aliphatic heterocycles. The van der Waals surface area contributed by atoms with E-state index in [4.69, 9.17) is 9.47 Å². The minimum Gasteiger partial charge on any atom is -0.493 e. The molecule has 0 fully saturated rings. The van der Waals surface area contributed by atoms with Gasteiger partial charge in [-0.1, -0.05) is 12.1 Å². The summed E-state index contributed by atoms with van der Waals surface area (Å²) in [5.74, 6) is -0.104. The molecule has 2 aromatic carbocycles. The van der Waals surface area contributed by atoms with Crippen LogP contribution >= 0.6 is 0 Å². The Morgan fingerprint density at radius 1 is 1.10 bits per heavy atom. The van der Waals surface area contributed by atoms with Gasteiger partial charge in [0.25, 0.3) is 0 Å². The Balaban J connectivity index is 2.22. The van der Waals surface area contributed by atoms with Crippen molar-refractivity contribution in [2.24, 2.45) is 0 Å². The molecule has 112 valence electrons. The first-order valence-electron chi connectivity index (χ1n) is 6.53. The molecule has 0 aliphatic rings. The predicted molar refractivity (Wildman–Crippen MR) is 76.4 cm³/mol. The van der Waals surface area contributed by atoms with Gasteiger partial charge in [0, 0.05) is 23.7 Å². The number of hydrogen-bond donors (Lipinski definition) is 1. The number of rotatable bonds is 6. The van der Waals surface area contributed by atoms with Crippen LogP contribution in [0.3, 0.4) is 0 Å². The minimum absolute atomic E-state index is 0.00318. The first kappa shape index (κ1) is 15.3. The maximum absolute atomic E-state index is 13.6. The first-order chi connectivity index (χ1) is 10.2. The number of para-hydroxylation sites is 1. The second-order valence-corrected chi connectivity index (χ2v) is 4.50. The highest BCUT2D eigenvalue weighted by Gasteiger charge is 2.12. The van der Waals surface area contributed by atoms with Crippen molar-refractivity contribution < 1.29 is 18.3 Å². The number of nitrogens with one attached hydrogen (secondary N) is 1. The normalized spacial score (nSPS) is 10.5. The van der Waals surface area contributed by atoms with Gasteiger partial charge in [-0.05, 0) is 25.2 Å². The summed E-state index contributed by atoms with van der Waals surface area (Å²) in [6.45, 7) is 0.599. The standard InChI is InChI=1S/C16H17F2NO2/c1-19-9-11-4-3-5-15(20-2)16(11)21-10-12-6-7-13(17)8-14(12)18/h3-8,19H,9-10H2,1-2H3. The maximum atomic E-state index is 13.6. The van der Waals surface area contributed by atoms with Gasteiger partial charge in [-0.15, -0.1) is 0 Å². The van der Waals surface area contributed by atoms with Crippen molar-refractivity contribution in [2.75, 3.05) is 14.2 Å². The third-order valence-corrected chi connectivity index (χ3v) is 3.03. The predicted octanol–water partition coefficient (Wildman–Crippen LogP) is 3.27. The summed E-state index contributed by atoms with van der Waals surface area (Å²) in [6.07, 6.45) is 0. The Hall–Kier alpha value is -2.14. The molecule has 5 heteroatoms. The summed E-state index contributed by atoms with van der Waals surface area (Å²) in [5, 5.41) is 3.03. The fourth-order valence-corrected chi connectivity index (χ4v) is 2.00. The molecule has 0 saturated carbocycles. The average molecular weight is 293 g/mol. The molecule has 0 aliphatic carbocycles. The molecule has 21 heavy (non-hydrogen) atoms. The lowest BCUT2D eigenvalue weighted by atomic mass is 10.1. The number of halogens is 2. The van der Waals surface area contributed by atoms with Crippen molar-refractivity contribution >= 4 is 0 Å². The van der Waals surface area contributed by atoms with Crippen LogP contribution in [0.25, 0.3) is 0 Å².